The lowest BCUT2D eigenvalue weighted by Crippen LogP contribution is -2.44. The van der Waals surface area contributed by atoms with Gasteiger partial charge in [-0.2, -0.15) is 16.9 Å². The zero-order valence-corrected chi connectivity index (χ0v) is 15.0. The van der Waals surface area contributed by atoms with Gasteiger partial charge in [-0.1, -0.05) is 0 Å². The molecular formula is C17H23N5OS. The highest BCUT2D eigenvalue weighted by Crippen LogP contribution is 2.38. The van der Waals surface area contributed by atoms with Gasteiger partial charge < -0.3 is 10.1 Å². The molecule has 6 nitrogen and oxygen atoms in total. The summed E-state index contributed by atoms with van der Waals surface area (Å²) < 4.78 is 7.93. The number of nitrogens with one attached hydrogen (secondary N) is 1. The average molecular weight is 345 g/mol. The van der Waals surface area contributed by atoms with Gasteiger partial charge in [0.25, 0.3) is 0 Å². The molecule has 1 N–H and O–H groups in total. The Balaban J connectivity index is 1.51. The molecule has 2 aromatic heterocycles. The molecule has 0 aliphatic carbocycles. The quantitative estimate of drug-likeness (QED) is 0.923. The Morgan fingerprint density at radius 3 is 3.04 bits per heavy atom. The lowest BCUT2D eigenvalue weighted by molar-refractivity contribution is -0.0628. The third-order valence-corrected chi connectivity index (χ3v) is 5.98. The van der Waals surface area contributed by atoms with Gasteiger partial charge in [-0.25, -0.2) is 9.67 Å². The van der Waals surface area contributed by atoms with Gasteiger partial charge in [-0.15, -0.1) is 0 Å². The van der Waals surface area contributed by atoms with E-state index in [1.807, 2.05) is 36.4 Å². The van der Waals surface area contributed by atoms with Crippen molar-refractivity contribution >= 4 is 17.6 Å². The lowest BCUT2D eigenvalue weighted by Gasteiger charge is -2.38. The maximum absolute atomic E-state index is 6.09. The van der Waals surface area contributed by atoms with Crippen molar-refractivity contribution in [2.45, 2.75) is 44.8 Å². The maximum Gasteiger partial charge on any atom is 0.174 e. The van der Waals surface area contributed by atoms with E-state index in [-0.39, 0.29) is 5.60 Å². The second kappa shape index (κ2) is 6.37. The van der Waals surface area contributed by atoms with Crippen LogP contribution in [0.5, 0.6) is 0 Å². The molecule has 0 unspecified atom stereocenters. The minimum atomic E-state index is 0.0707. The summed E-state index contributed by atoms with van der Waals surface area (Å²) in [7, 11) is 0. The summed E-state index contributed by atoms with van der Waals surface area (Å²) in [5, 5.41) is 8.05. The molecule has 0 radical (unpaired) electrons. The molecule has 0 amide bonds. The third-order valence-electron chi connectivity index (χ3n) is 4.76. The zero-order valence-electron chi connectivity index (χ0n) is 14.2. The first-order chi connectivity index (χ1) is 11.6. The van der Waals surface area contributed by atoms with Gasteiger partial charge in [0.15, 0.2) is 5.82 Å². The van der Waals surface area contributed by atoms with E-state index < -0.39 is 0 Å². The summed E-state index contributed by atoms with van der Waals surface area (Å²) >= 11 is 2.00. The molecule has 4 rings (SSSR count). The van der Waals surface area contributed by atoms with Gasteiger partial charge in [0, 0.05) is 24.1 Å². The first kappa shape index (κ1) is 15.9. The number of ether oxygens (including phenoxy) is 1. The number of thioether (sulfide) groups is 1. The predicted molar refractivity (Wildman–Crippen MR) is 95.9 cm³/mol. The summed E-state index contributed by atoms with van der Waals surface area (Å²) in [6, 6.07) is 2.43. The Hall–Kier alpha value is -1.60. The topological polar surface area (TPSA) is 64.9 Å². The number of aromatic nitrogens is 4. The molecule has 1 spiro atoms. The normalized spacial score (nSPS) is 26.8. The molecular weight excluding hydrogens is 322 g/mol. The highest BCUT2D eigenvalue weighted by atomic mass is 32.2. The number of anilines is 1. The summed E-state index contributed by atoms with van der Waals surface area (Å²) in [5.74, 6) is 3.89. The van der Waals surface area contributed by atoms with Crippen LogP contribution in [0.2, 0.25) is 0 Å². The second-order valence-corrected chi connectivity index (χ2v) is 7.87. The van der Waals surface area contributed by atoms with Gasteiger partial charge in [-0.3, -0.25) is 4.98 Å². The van der Waals surface area contributed by atoms with Crippen molar-refractivity contribution in [2.75, 3.05) is 23.4 Å². The first-order valence-corrected chi connectivity index (χ1v) is 9.63. The average Bonchev–Trinajstić information content (AvgIpc) is 3.14. The molecule has 2 aliphatic heterocycles. The van der Waals surface area contributed by atoms with Crippen molar-refractivity contribution in [2.24, 2.45) is 0 Å². The van der Waals surface area contributed by atoms with Crippen LogP contribution in [0.3, 0.4) is 0 Å². The third kappa shape index (κ3) is 3.15. The smallest absolute Gasteiger partial charge is 0.174 e. The summed E-state index contributed by atoms with van der Waals surface area (Å²) in [6.07, 6.45) is 6.77. The van der Waals surface area contributed by atoms with Gasteiger partial charge in [0.2, 0.25) is 0 Å². The highest BCUT2D eigenvalue weighted by molar-refractivity contribution is 7.99. The van der Waals surface area contributed by atoms with Crippen molar-refractivity contribution in [3.63, 3.8) is 0 Å². The van der Waals surface area contributed by atoms with Crippen LogP contribution in [-0.4, -0.2) is 49.5 Å². The first-order valence-electron chi connectivity index (χ1n) is 8.48. The Morgan fingerprint density at radius 1 is 1.38 bits per heavy atom. The number of aryl methyl sites for hydroxylation is 2. The van der Waals surface area contributed by atoms with Crippen molar-refractivity contribution in [1.82, 2.24) is 19.7 Å². The molecule has 2 atom stereocenters. The molecule has 0 bridgehead atoms. The van der Waals surface area contributed by atoms with Gasteiger partial charge in [0.1, 0.15) is 5.82 Å². The molecule has 2 fully saturated rings. The summed E-state index contributed by atoms with van der Waals surface area (Å²) in [4.78, 5) is 9.05. The number of hydrogen-bond donors (Lipinski definition) is 1. The summed E-state index contributed by atoms with van der Waals surface area (Å²) in [5.41, 5.74) is 2.12. The van der Waals surface area contributed by atoms with Crippen LogP contribution >= 0.6 is 11.8 Å². The molecule has 2 aromatic rings. The van der Waals surface area contributed by atoms with Crippen LogP contribution < -0.4 is 5.32 Å². The van der Waals surface area contributed by atoms with Gasteiger partial charge >= 0.3 is 0 Å². The minimum absolute atomic E-state index is 0.0707. The molecule has 0 aromatic carbocycles. The Kier molecular flexibility index (Phi) is 4.22. The number of nitrogens with zero attached hydrogens (tertiary/aromatic N) is 4. The van der Waals surface area contributed by atoms with E-state index in [1.165, 1.54) is 5.75 Å². The zero-order chi connectivity index (χ0) is 16.6. The molecule has 24 heavy (non-hydrogen) atoms. The summed E-state index contributed by atoms with van der Waals surface area (Å²) in [6.45, 7) is 4.84. The van der Waals surface area contributed by atoms with Crippen LogP contribution in [0.4, 0.5) is 5.82 Å². The van der Waals surface area contributed by atoms with Crippen molar-refractivity contribution in [3.8, 4) is 5.82 Å². The largest absolute Gasteiger partial charge is 0.374 e. The number of rotatable bonds is 3. The minimum Gasteiger partial charge on any atom is -0.374 e. The van der Waals surface area contributed by atoms with Crippen LogP contribution in [0, 0.1) is 13.8 Å². The monoisotopic (exact) mass is 345 g/mol. The SMILES string of the molecule is Cc1cc(C)n(-c2cncc(N[C@@H]3CCO[C@@]4(CCSC4)C3)n2)n1. The van der Waals surface area contributed by atoms with Crippen molar-refractivity contribution in [1.29, 1.82) is 0 Å². The van der Waals surface area contributed by atoms with Gasteiger partial charge in [0.05, 0.1) is 23.7 Å². The molecule has 2 aliphatic rings. The van der Waals surface area contributed by atoms with E-state index in [4.69, 9.17) is 9.72 Å². The highest BCUT2D eigenvalue weighted by Gasteiger charge is 2.40. The number of hydrogen-bond acceptors (Lipinski definition) is 6. The van der Waals surface area contributed by atoms with Gasteiger partial charge in [-0.05, 0) is 44.9 Å². The van der Waals surface area contributed by atoms with E-state index in [2.05, 4.69) is 15.4 Å². The Labute approximate surface area is 146 Å². The van der Waals surface area contributed by atoms with E-state index in [0.29, 0.717) is 6.04 Å². The molecule has 4 heterocycles. The molecule has 128 valence electrons. The lowest BCUT2D eigenvalue weighted by atomic mass is 9.90. The standard InChI is InChI=1S/C17H23N5OS/c1-12-7-13(2)22(21-12)16-10-18-9-15(20-16)19-14-3-5-23-17(8-14)4-6-24-11-17/h7,9-10,14H,3-6,8,11H2,1-2H3,(H,19,20)/t14-,17+/m1/s1. The van der Waals surface area contributed by atoms with E-state index in [0.717, 1.165) is 54.6 Å². The van der Waals surface area contributed by atoms with Crippen LogP contribution in [-0.2, 0) is 4.74 Å². The van der Waals surface area contributed by atoms with Crippen LogP contribution in [0.1, 0.15) is 30.7 Å². The van der Waals surface area contributed by atoms with Crippen molar-refractivity contribution in [3.05, 3.63) is 29.8 Å². The fourth-order valence-corrected chi connectivity index (χ4v) is 4.99. The van der Waals surface area contributed by atoms with E-state index in [9.17, 15) is 0 Å². The Morgan fingerprint density at radius 2 is 2.29 bits per heavy atom. The van der Waals surface area contributed by atoms with Crippen LogP contribution in [0.15, 0.2) is 18.5 Å². The van der Waals surface area contributed by atoms with Crippen LogP contribution in [0.25, 0.3) is 5.82 Å². The van der Waals surface area contributed by atoms with Crippen molar-refractivity contribution < 1.29 is 4.74 Å². The fraction of sp³-hybridized carbons (Fsp3) is 0.588. The van der Waals surface area contributed by atoms with E-state index in [1.54, 1.807) is 12.4 Å². The predicted octanol–water partition coefficient (Wildman–Crippen LogP) is 2.75. The fourth-order valence-electron chi connectivity index (χ4n) is 3.61. The maximum atomic E-state index is 6.09. The molecule has 0 saturated carbocycles. The Bertz CT molecular complexity index is 726. The molecule has 2 saturated heterocycles. The van der Waals surface area contributed by atoms with E-state index >= 15 is 0 Å². The molecule has 7 heteroatoms. The second-order valence-electron chi connectivity index (χ2n) is 6.77.